The van der Waals surface area contributed by atoms with Crippen LogP contribution in [0.3, 0.4) is 0 Å². The van der Waals surface area contributed by atoms with Gasteiger partial charge in [0.1, 0.15) is 11.1 Å². The number of nitrogens with two attached hydrogens (primary N) is 1. The summed E-state index contributed by atoms with van der Waals surface area (Å²) >= 11 is 1.62. The van der Waals surface area contributed by atoms with Gasteiger partial charge in [-0.1, -0.05) is 12.1 Å². The van der Waals surface area contributed by atoms with Gasteiger partial charge in [-0.25, -0.2) is 4.98 Å². The molecule has 5 nitrogen and oxygen atoms in total. The average molecular weight is 303 g/mol. The maximum Gasteiger partial charge on any atom is 0.186 e. The number of anilines is 1. The number of aromatic nitrogens is 3. The predicted molar refractivity (Wildman–Crippen MR) is 87.3 cm³/mol. The number of nitriles is 1. The first kappa shape index (κ1) is 12.7. The molecule has 0 saturated carbocycles. The van der Waals surface area contributed by atoms with Gasteiger partial charge in [-0.3, -0.25) is 0 Å². The van der Waals surface area contributed by atoms with E-state index >= 15 is 0 Å². The Hall–Kier alpha value is -3.04. The molecule has 22 heavy (non-hydrogen) atoms. The van der Waals surface area contributed by atoms with Gasteiger partial charge in [-0.15, -0.1) is 21.5 Å². The Labute approximate surface area is 129 Å². The molecule has 0 atom stereocenters. The van der Waals surface area contributed by atoms with E-state index in [1.165, 1.54) is 0 Å². The minimum atomic E-state index is 0.147. The molecule has 2 aromatic carbocycles. The molecule has 2 heterocycles. The van der Waals surface area contributed by atoms with Crippen molar-refractivity contribution in [2.45, 2.75) is 0 Å². The Morgan fingerprint density at radius 1 is 1.05 bits per heavy atom. The van der Waals surface area contributed by atoms with Crippen LogP contribution < -0.4 is 5.73 Å². The van der Waals surface area contributed by atoms with Crippen LogP contribution in [-0.4, -0.2) is 15.2 Å². The van der Waals surface area contributed by atoms with E-state index in [4.69, 9.17) is 11.0 Å². The zero-order valence-corrected chi connectivity index (χ0v) is 12.1. The number of nitrogens with zero attached hydrogens (tertiary/aromatic N) is 4. The molecule has 0 amide bonds. The largest absolute Gasteiger partial charge is 0.396 e. The number of para-hydroxylation sites is 1. The van der Waals surface area contributed by atoms with Gasteiger partial charge in [-0.05, 0) is 30.3 Å². The van der Waals surface area contributed by atoms with Crippen LogP contribution in [0.2, 0.25) is 0 Å². The smallest absolute Gasteiger partial charge is 0.186 e. The molecule has 0 unspecified atom stereocenters. The number of hydrogen-bond acceptors (Lipinski definition) is 6. The first-order valence-electron chi connectivity index (χ1n) is 6.58. The Balaban J connectivity index is 1.95. The van der Waals surface area contributed by atoms with E-state index in [2.05, 4.69) is 15.2 Å². The summed E-state index contributed by atoms with van der Waals surface area (Å²) in [4.78, 5) is 4.64. The van der Waals surface area contributed by atoms with Gasteiger partial charge in [0.05, 0.1) is 21.4 Å². The maximum atomic E-state index is 9.02. The second-order valence-corrected chi connectivity index (χ2v) is 5.82. The highest BCUT2D eigenvalue weighted by molar-refractivity contribution is 7.21. The Morgan fingerprint density at radius 2 is 1.91 bits per heavy atom. The monoisotopic (exact) mass is 303 g/mol. The number of rotatable bonds is 1. The predicted octanol–water partition coefficient (Wildman–Crippen LogP) is 3.36. The number of fused-ring (bicyclic) bond motifs is 2. The molecule has 0 bridgehead atoms. The Bertz CT molecular complexity index is 1030. The molecule has 2 aromatic heterocycles. The quantitative estimate of drug-likeness (QED) is 0.582. The molecule has 0 saturated heterocycles. The van der Waals surface area contributed by atoms with Crippen molar-refractivity contribution in [1.29, 1.82) is 5.26 Å². The van der Waals surface area contributed by atoms with Gasteiger partial charge >= 0.3 is 0 Å². The van der Waals surface area contributed by atoms with Crippen molar-refractivity contribution in [2.75, 3.05) is 5.73 Å². The summed E-state index contributed by atoms with van der Waals surface area (Å²) < 4.78 is 1.14. The van der Waals surface area contributed by atoms with E-state index in [-0.39, 0.29) is 5.69 Å². The minimum absolute atomic E-state index is 0.147. The van der Waals surface area contributed by atoms with Crippen LogP contribution >= 0.6 is 11.3 Å². The number of hydrogen-bond donors (Lipinski definition) is 1. The molecular formula is C16H9N5S. The van der Waals surface area contributed by atoms with Crippen molar-refractivity contribution in [1.82, 2.24) is 15.2 Å². The molecule has 4 rings (SSSR count). The summed E-state index contributed by atoms with van der Waals surface area (Å²) in [5.74, 6) is 0. The molecule has 0 fully saturated rings. The van der Waals surface area contributed by atoms with Gasteiger partial charge in [0.2, 0.25) is 0 Å². The lowest BCUT2D eigenvalue weighted by Crippen LogP contribution is -1.98. The lowest BCUT2D eigenvalue weighted by molar-refractivity contribution is 1.05. The lowest BCUT2D eigenvalue weighted by Gasteiger charge is -2.03. The van der Waals surface area contributed by atoms with Gasteiger partial charge in [0.25, 0.3) is 0 Å². The van der Waals surface area contributed by atoms with Crippen molar-refractivity contribution >= 4 is 38.1 Å². The zero-order chi connectivity index (χ0) is 15.1. The third-order valence-electron chi connectivity index (χ3n) is 3.45. The van der Waals surface area contributed by atoms with Crippen molar-refractivity contribution in [2.24, 2.45) is 0 Å². The van der Waals surface area contributed by atoms with Crippen molar-refractivity contribution in [3.8, 4) is 16.6 Å². The first-order valence-corrected chi connectivity index (χ1v) is 7.40. The van der Waals surface area contributed by atoms with E-state index in [1.807, 2.05) is 48.5 Å². The molecule has 104 valence electrons. The van der Waals surface area contributed by atoms with E-state index in [0.717, 1.165) is 26.2 Å². The average Bonchev–Trinajstić information content (AvgIpc) is 2.99. The fraction of sp³-hybridized carbons (Fsp3) is 0. The second-order valence-electron chi connectivity index (χ2n) is 4.79. The molecule has 0 aliphatic rings. The highest BCUT2D eigenvalue weighted by atomic mass is 32.1. The van der Waals surface area contributed by atoms with Crippen LogP contribution in [0.25, 0.3) is 31.7 Å². The molecule has 2 N–H and O–H groups in total. The zero-order valence-electron chi connectivity index (χ0n) is 11.3. The van der Waals surface area contributed by atoms with E-state index in [9.17, 15) is 0 Å². The van der Waals surface area contributed by atoms with Crippen LogP contribution in [0.1, 0.15) is 5.69 Å². The van der Waals surface area contributed by atoms with Gasteiger partial charge in [0.15, 0.2) is 5.69 Å². The van der Waals surface area contributed by atoms with Crippen molar-refractivity contribution in [3.63, 3.8) is 0 Å². The van der Waals surface area contributed by atoms with Gasteiger partial charge in [-0.2, -0.15) is 5.26 Å². The summed E-state index contributed by atoms with van der Waals surface area (Å²) in [5, 5.41) is 18.5. The topological polar surface area (TPSA) is 88.5 Å². The van der Waals surface area contributed by atoms with E-state index in [0.29, 0.717) is 11.2 Å². The van der Waals surface area contributed by atoms with Crippen LogP contribution in [0.4, 0.5) is 5.69 Å². The van der Waals surface area contributed by atoms with Crippen LogP contribution in [0, 0.1) is 11.3 Å². The molecule has 0 radical (unpaired) electrons. The van der Waals surface area contributed by atoms with Crippen LogP contribution in [0.5, 0.6) is 0 Å². The third-order valence-corrected chi connectivity index (χ3v) is 4.53. The summed E-state index contributed by atoms with van der Waals surface area (Å²) in [6, 6.07) is 15.7. The molecule has 0 aliphatic carbocycles. The molecular weight excluding hydrogens is 294 g/mol. The van der Waals surface area contributed by atoms with Crippen molar-refractivity contribution in [3.05, 3.63) is 48.2 Å². The fourth-order valence-electron chi connectivity index (χ4n) is 2.34. The van der Waals surface area contributed by atoms with Crippen molar-refractivity contribution < 1.29 is 0 Å². The molecule has 4 aromatic rings. The van der Waals surface area contributed by atoms with Gasteiger partial charge in [0, 0.05) is 10.9 Å². The molecule has 6 heteroatoms. The van der Waals surface area contributed by atoms with Crippen LogP contribution in [-0.2, 0) is 0 Å². The third kappa shape index (κ3) is 1.88. The van der Waals surface area contributed by atoms with Gasteiger partial charge < -0.3 is 5.73 Å². The molecule has 0 aliphatic heterocycles. The minimum Gasteiger partial charge on any atom is -0.396 e. The highest BCUT2D eigenvalue weighted by Crippen LogP contribution is 2.32. The summed E-state index contributed by atoms with van der Waals surface area (Å²) in [7, 11) is 0. The number of benzene rings is 2. The first-order chi connectivity index (χ1) is 10.8. The van der Waals surface area contributed by atoms with E-state index in [1.54, 1.807) is 11.3 Å². The number of nitrogen functional groups attached to an aromatic ring is 1. The van der Waals surface area contributed by atoms with Crippen LogP contribution in [0.15, 0.2) is 42.5 Å². The summed E-state index contributed by atoms with van der Waals surface area (Å²) in [5.41, 5.74) is 9.11. The number of thiazole rings is 1. The fourth-order valence-corrected chi connectivity index (χ4v) is 3.30. The Morgan fingerprint density at radius 3 is 2.73 bits per heavy atom. The Kier molecular flexibility index (Phi) is 2.74. The molecule has 0 spiro atoms. The summed E-state index contributed by atoms with van der Waals surface area (Å²) in [6.07, 6.45) is 0. The normalized spacial score (nSPS) is 10.9. The standard InChI is InChI=1S/C16H9N5S/c17-8-13-15(18)10-7-9(5-6-11(10)20-21-13)16-19-12-3-1-2-4-14(12)22-16/h1-7H,(H2,18,20). The SMILES string of the molecule is N#Cc1nnc2ccc(-c3nc4ccccc4s3)cc2c1N. The van der Waals surface area contributed by atoms with E-state index < -0.39 is 0 Å². The summed E-state index contributed by atoms with van der Waals surface area (Å²) in [6.45, 7) is 0. The lowest BCUT2D eigenvalue weighted by atomic mass is 10.1. The second kappa shape index (κ2) is 4.76. The highest BCUT2D eigenvalue weighted by Gasteiger charge is 2.11. The maximum absolute atomic E-state index is 9.02.